The van der Waals surface area contributed by atoms with E-state index in [0.717, 1.165) is 24.2 Å². The summed E-state index contributed by atoms with van der Waals surface area (Å²) in [6.07, 6.45) is -0.263. The third kappa shape index (κ3) is 3.29. The van der Waals surface area contributed by atoms with Gasteiger partial charge in [-0.2, -0.15) is 13.2 Å². The number of urea groups is 1. The van der Waals surface area contributed by atoms with Crippen LogP contribution in [0.2, 0.25) is 0 Å². The number of carbonyl (C=O) groups is 1. The first-order valence-electron chi connectivity index (χ1n) is 7.28. The van der Waals surface area contributed by atoms with E-state index < -0.39 is 29.0 Å². The summed E-state index contributed by atoms with van der Waals surface area (Å²) in [6.45, 7) is 0. The molecule has 2 aromatic rings. The molecule has 0 fully saturated rings. The molecular weight excluding hydrogens is 327 g/mol. The highest BCUT2D eigenvalue weighted by atomic mass is 19.4. The van der Waals surface area contributed by atoms with E-state index in [9.17, 15) is 22.8 Å². The molecule has 6 nitrogen and oxygen atoms in total. The summed E-state index contributed by atoms with van der Waals surface area (Å²) < 4.78 is 43.3. The molecule has 9 heteroatoms. The fourth-order valence-corrected chi connectivity index (χ4v) is 2.69. The van der Waals surface area contributed by atoms with Crippen LogP contribution >= 0.6 is 0 Å². The number of aromatic nitrogens is 1. The van der Waals surface area contributed by atoms with Gasteiger partial charge in [-0.3, -0.25) is 4.79 Å². The SMILES string of the molecule is O=C(Nc1cc(C(F)(F)F)c[nH]c1=O)N[C@H]1CCCc2occc21. The van der Waals surface area contributed by atoms with Crippen molar-refractivity contribution < 1.29 is 22.4 Å². The standard InChI is InChI=1S/C15H14F3N3O3/c16-15(17,18)8-6-11(13(22)19-7-8)21-14(23)20-10-2-1-3-12-9(10)4-5-24-12/h4-7,10H,1-3H2,(H,19,22)(H2,20,21,23)/t10-/m0/s1. The maximum Gasteiger partial charge on any atom is 0.417 e. The van der Waals surface area contributed by atoms with E-state index in [4.69, 9.17) is 4.42 Å². The normalized spacial score (nSPS) is 17.2. The number of halogens is 3. The van der Waals surface area contributed by atoms with Crippen LogP contribution in [0.25, 0.3) is 0 Å². The lowest BCUT2D eigenvalue weighted by Gasteiger charge is -2.22. The molecule has 2 amide bonds. The molecule has 3 rings (SSSR count). The highest BCUT2D eigenvalue weighted by Gasteiger charge is 2.31. The number of carbonyl (C=O) groups excluding carboxylic acids is 1. The van der Waals surface area contributed by atoms with Gasteiger partial charge in [0.2, 0.25) is 0 Å². The van der Waals surface area contributed by atoms with E-state index in [1.165, 1.54) is 6.26 Å². The molecule has 0 aromatic carbocycles. The Balaban J connectivity index is 1.74. The molecule has 1 aliphatic carbocycles. The van der Waals surface area contributed by atoms with Gasteiger partial charge in [0.05, 0.1) is 17.9 Å². The maximum absolute atomic E-state index is 12.7. The van der Waals surface area contributed by atoms with E-state index in [1.807, 2.05) is 4.98 Å². The van der Waals surface area contributed by atoms with Gasteiger partial charge in [-0.1, -0.05) is 0 Å². The van der Waals surface area contributed by atoms with Gasteiger partial charge in [-0.25, -0.2) is 4.79 Å². The zero-order valence-corrected chi connectivity index (χ0v) is 12.4. The number of aromatic amines is 1. The Morgan fingerprint density at radius 3 is 2.92 bits per heavy atom. The van der Waals surface area contributed by atoms with Gasteiger partial charge in [0, 0.05) is 18.2 Å². The zero-order valence-electron chi connectivity index (χ0n) is 12.4. The summed E-state index contributed by atoms with van der Waals surface area (Å²) >= 11 is 0. The number of pyridine rings is 1. The first-order valence-corrected chi connectivity index (χ1v) is 7.28. The molecule has 2 heterocycles. The smallest absolute Gasteiger partial charge is 0.417 e. The molecular formula is C15H14F3N3O3. The van der Waals surface area contributed by atoms with Gasteiger partial charge in [-0.15, -0.1) is 0 Å². The number of nitrogens with one attached hydrogen (secondary N) is 3. The Kier molecular flexibility index (Phi) is 4.08. The molecule has 2 aromatic heterocycles. The lowest BCUT2D eigenvalue weighted by Crippen LogP contribution is -2.35. The third-order valence-electron chi connectivity index (χ3n) is 3.84. The van der Waals surface area contributed by atoms with Crippen molar-refractivity contribution in [2.24, 2.45) is 0 Å². The fraction of sp³-hybridized carbons (Fsp3) is 0.333. The number of aryl methyl sites for hydroxylation is 1. The molecule has 128 valence electrons. The number of amides is 2. The Bertz CT molecular complexity index is 810. The van der Waals surface area contributed by atoms with Crippen molar-refractivity contribution in [2.45, 2.75) is 31.5 Å². The fourth-order valence-electron chi connectivity index (χ4n) is 2.69. The second-order valence-electron chi connectivity index (χ2n) is 5.47. The summed E-state index contributed by atoms with van der Waals surface area (Å²) in [4.78, 5) is 25.6. The molecule has 1 atom stereocenters. The van der Waals surface area contributed by atoms with Crippen LogP contribution in [0.4, 0.5) is 23.7 Å². The molecule has 0 saturated carbocycles. The first kappa shape index (κ1) is 16.2. The van der Waals surface area contributed by atoms with Crippen molar-refractivity contribution in [3.05, 3.63) is 51.8 Å². The molecule has 0 unspecified atom stereocenters. The van der Waals surface area contributed by atoms with Crippen LogP contribution in [0.15, 0.2) is 33.8 Å². The summed E-state index contributed by atoms with van der Waals surface area (Å²) in [5.41, 5.74) is -1.49. The minimum atomic E-state index is -4.62. The number of rotatable bonds is 2. The Hall–Kier alpha value is -2.71. The van der Waals surface area contributed by atoms with Gasteiger partial charge in [-0.05, 0) is 25.0 Å². The van der Waals surface area contributed by atoms with Gasteiger partial charge in [0.15, 0.2) is 0 Å². The van der Waals surface area contributed by atoms with Gasteiger partial charge >= 0.3 is 12.2 Å². The van der Waals surface area contributed by atoms with Crippen LogP contribution in [0.5, 0.6) is 0 Å². The summed E-state index contributed by atoms with van der Waals surface area (Å²) in [7, 11) is 0. The summed E-state index contributed by atoms with van der Waals surface area (Å²) in [5, 5.41) is 4.82. The van der Waals surface area contributed by atoms with E-state index in [-0.39, 0.29) is 6.04 Å². The van der Waals surface area contributed by atoms with Crippen molar-refractivity contribution in [1.29, 1.82) is 0 Å². The molecule has 1 aliphatic rings. The van der Waals surface area contributed by atoms with Crippen LogP contribution < -0.4 is 16.2 Å². The Labute approximate surface area is 134 Å². The minimum Gasteiger partial charge on any atom is -0.469 e. The van der Waals surface area contributed by atoms with Gasteiger partial charge < -0.3 is 20.0 Å². The quantitative estimate of drug-likeness (QED) is 0.784. The van der Waals surface area contributed by atoms with E-state index in [2.05, 4.69) is 10.6 Å². The highest BCUT2D eigenvalue weighted by molar-refractivity contribution is 5.89. The third-order valence-corrected chi connectivity index (χ3v) is 3.84. The van der Waals surface area contributed by atoms with Crippen molar-refractivity contribution in [2.75, 3.05) is 5.32 Å². The van der Waals surface area contributed by atoms with Crippen molar-refractivity contribution in [3.63, 3.8) is 0 Å². The van der Waals surface area contributed by atoms with E-state index in [1.54, 1.807) is 6.07 Å². The number of H-pyrrole nitrogens is 1. The lowest BCUT2D eigenvalue weighted by atomic mass is 9.93. The van der Waals surface area contributed by atoms with Crippen molar-refractivity contribution >= 4 is 11.7 Å². The van der Waals surface area contributed by atoms with Crippen LogP contribution in [-0.4, -0.2) is 11.0 Å². The molecule has 0 bridgehead atoms. The number of fused-ring (bicyclic) bond motifs is 1. The zero-order chi connectivity index (χ0) is 17.3. The molecule has 24 heavy (non-hydrogen) atoms. The van der Waals surface area contributed by atoms with Crippen LogP contribution in [0, 0.1) is 0 Å². The van der Waals surface area contributed by atoms with Gasteiger partial charge in [0.25, 0.3) is 5.56 Å². The monoisotopic (exact) mass is 341 g/mol. The topological polar surface area (TPSA) is 87.1 Å². The predicted octanol–water partition coefficient (Wildman–Crippen LogP) is 3.19. The first-order chi connectivity index (χ1) is 11.3. The second kappa shape index (κ2) is 6.06. The van der Waals surface area contributed by atoms with E-state index in [0.29, 0.717) is 18.7 Å². The van der Waals surface area contributed by atoms with E-state index >= 15 is 0 Å². The van der Waals surface area contributed by atoms with Crippen molar-refractivity contribution in [3.8, 4) is 0 Å². The highest BCUT2D eigenvalue weighted by Crippen LogP contribution is 2.31. The molecule has 3 N–H and O–H groups in total. The summed E-state index contributed by atoms with van der Waals surface area (Å²) in [5.74, 6) is 0.781. The average Bonchev–Trinajstić information content (AvgIpc) is 2.98. The van der Waals surface area contributed by atoms with Gasteiger partial charge in [0.1, 0.15) is 11.4 Å². The number of alkyl halides is 3. The summed E-state index contributed by atoms with van der Waals surface area (Å²) in [6, 6.07) is 1.29. The average molecular weight is 341 g/mol. The lowest BCUT2D eigenvalue weighted by molar-refractivity contribution is -0.137. The molecule has 0 radical (unpaired) electrons. The predicted molar refractivity (Wildman–Crippen MR) is 78.6 cm³/mol. The number of furan rings is 1. The van der Waals surface area contributed by atoms with Crippen LogP contribution in [0.1, 0.15) is 35.8 Å². The largest absolute Gasteiger partial charge is 0.469 e. The Morgan fingerprint density at radius 1 is 1.38 bits per heavy atom. The Morgan fingerprint density at radius 2 is 2.17 bits per heavy atom. The number of hydrogen-bond donors (Lipinski definition) is 3. The number of anilines is 1. The second-order valence-corrected chi connectivity index (χ2v) is 5.47. The van der Waals surface area contributed by atoms with Crippen molar-refractivity contribution in [1.82, 2.24) is 10.3 Å². The van der Waals surface area contributed by atoms with Crippen LogP contribution in [0.3, 0.4) is 0 Å². The maximum atomic E-state index is 12.7. The number of hydrogen-bond acceptors (Lipinski definition) is 3. The molecule has 0 saturated heterocycles. The molecule has 0 aliphatic heterocycles. The molecule has 0 spiro atoms. The van der Waals surface area contributed by atoms with Crippen LogP contribution in [-0.2, 0) is 12.6 Å². The minimum absolute atomic E-state index is 0.308.